The molecule has 0 aromatic heterocycles. The maximum atomic E-state index is 12.3. The fourth-order valence-corrected chi connectivity index (χ4v) is 2.40. The fraction of sp³-hybridized carbons (Fsp3) is 0.0952. The first-order valence-corrected chi connectivity index (χ1v) is 8.50. The summed E-state index contributed by atoms with van der Waals surface area (Å²) < 4.78 is 16.3. The Morgan fingerprint density at radius 3 is 2.21 bits per heavy atom. The summed E-state index contributed by atoms with van der Waals surface area (Å²) in [5.41, 5.74) is -0.0547. The van der Waals surface area contributed by atoms with Gasteiger partial charge in [-0.05, 0) is 36.4 Å². The van der Waals surface area contributed by atoms with Gasteiger partial charge in [-0.2, -0.15) is 0 Å². The standard InChI is InChI=1S/C21H17NO6/c23-21(28-20-12-5-4-11-19(20)22(24)25)16-7-6-10-18(15-16)27-14-13-26-17-8-2-1-3-9-17/h1-12,15H,13-14H2. The number of carbonyl (C=O) groups is 1. The Kier molecular flexibility index (Phi) is 6.20. The molecule has 0 aliphatic heterocycles. The van der Waals surface area contributed by atoms with Gasteiger partial charge in [0.05, 0.1) is 10.5 Å². The number of nitro benzene ring substituents is 1. The van der Waals surface area contributed by atoms with Crippen molar-refractivity contribution < 1.29 is 23.9 Å². The molecular formula is C21H17NO6. The van der Waals surface area contributed by atoms with Crippen LogP contribution >= 0.6 is 0 Å². The zero-order valence-electron chi connectivity index (χ0n) is 14.8. The van der Waals surface area contributed by atoms with Crippen molar-refractivity contribution in [3.05, 3.63) is 94.5 Å². The molecule has 28 heavy (non-hydrogen) atoms. The van der Waals surface area contributed by atoms with Gasteiger partial charge < -0.3 is 14.2 Å². The van der Waals surface area contributed by atoms with Crippen LogP contribution in [-0.2, 0) is 0 Å². The van der Waals surface area contributed by atoms with Gasteiger partial charge in [-0.25, -0.2) is 4.79 Å². The Labute approximate surface area is 161 Å². The lowest BCUT2D eigenvalue weighted by atomic mass is 10.2. The predicted molar refractivity (Wildman–Crippen MR) is 102 cm³/mol. The number of nitro groups is 1. The van der Waals surface area contributed by atoms with Crippen molar-refractivity contribution in [3.8, 4) is 17.2 Å². The lowest BCUT2D eigenvalue weighted by Crippen LogP contribution is -2.11. The first kappa shape index (κ1) is 18.9. The molecule has 0 heterocycles. The van der Waals surface area contributed by atoms with Gasteiger partial charge in [0, 0.05) is 6.07 Å². The summed E-state index contributed by atoms with van der Waals surface area (Å²) in [6.07, 6.45) is 0. The molecule has 0 amide bonds. The number of carbonyl (C=O) groups excluding carboxylic acids is 1. The van der Waals surface area contributed by atoms with Gasteiger partial charge in [0.15, 0.2) is 0 Å². The fourth-order valence-electron chi connectivity index (χ4n) is 2.40. The molecule has 0 unspecified atom stereocenters. The number of hydrogen-bond donors (Lipinski definition) is 0. The monoisotopic (exact) mass is 379 g/mol. The molecule has 142 valence electrons. The van der Waals surface area contributed by atoms with E-state index in [1.807, 2.05) is 30.3 Å². The third kappa shape index (κ3) is 5.07. The van der Waals surface area contributed by atoms with Gasteiger partial charge in [0.2, 0.25) is 5.75 Å². The van der Waals surface area contributed by atoms with Crippen LogP contribution in [0.1, 0.15) is 10.4 Å². The Balaban J connectivity index is 1.58. The predicted octanol–water partition coefficient (Wildman–Crippen LogP) is 4.27. The van der Waals surface area contributed by atoms with Gasteiger partial charge in [-0.3, -0.25) is 10.1 Å². The van der Waals surface area contributed by atoms with Crippen LogP contribution in [0, 0.1) is 10.1 Å². The highest BCUT2D eigenvalue weighted by Gasteiger charge is 2.18. The summed E-state index contributed by atoms with van der Waals surface area (Å²) in [6, 6.07) is 21.5. The maximum Gasteiger partial charge on any atom is 0.343 e. The van der Waals surface area contributed by atoms with Crippen LogP contribution in [0.2, 0.25) is 0 Å². The number of hydrogen-bond acceptors (Lipinski definition) is 6. The second kappa shape index (κ2) is 9.18. The first-order valence-electron chi connectivity index (χ1n) is 8.50. The molecule has 7 nitrogen and oxygen atoms in total. The van der Waals surface area contributed by atoms with E-state index in [0.717, 1.165) is 5.75 Å². The highest BCUT2D eigenvalue weighted by molar-refractivity contribution is 5.91. The highest BCUT2D eigenvalue weighted by Crippen LogP contribution is 2.27. The number of benzene rings is 3. The van der Waals surface area contributed by atoms with E-state index >= 15 is 0 Å². The van der Waals surface area contributed by atoms with Crippen LogP contribution in [0.5, 0.6) is 17.2 Å². The second-order valence-corrected chi connectivity index (χ2v) is 5.65. The molecule has 7 heteroatoms. The van der Waals surface area contributed by atoms with Crippen molar-refractivity contribution in [2.24, 2.45) is 0 Å². The number of ether oxygens (including phenoxy) is 3. The summed E-state index contributed by atoms with van der Waals surface area (Å²) in [6.45, 7) is 0.631. The van der Waals surface area contributed by atoms with E-state index in [9.17, 15) is 14.9 Å². The van der Waals surface area contributed by atoms with Crippen molar-refractivity contribution in [1.82, 2.24) is 0 Å². The second-order valence-electron chi connectivity index (χ2n) is 5.65. The van der Waals surface area contributed by atoms with Gasteiger partial charge in [0.1, 0.15) is 24.7 Å². The van der Waals surface area contributed by atoms with Crippen LogP contribution < -0.4 is 14.2 Å². The molecule has 3 rings (SSSR count). The Bertz CT molecular complexity index is 958. The SMILES string of the molecule is O=C(Oc1ccccc1[N+](=O)[O-])c1cccc(OCCOc2ccccc2)c1. The molecule has 0 saturated heterocycles. The summed E-state index contributed by atoms with van der Waals surface area (Å²) >= 11 is 0. The van der Waals surface area contributed by atoms with Crippen LogP contribution in [0.15, 0.2) is 78.9 Å². The summed E-state index contributed by atoms with van der Waals surface area (Å²) in [7, 11) is 0. The molecule has 0 saturated carbocycles. The molecule has 0 radical (unpaired) electrons. The number of rotatable bonds is 8. The topological polar surface area (TPSA) is 87.9 Å². The number of nitrogens with zero attached hydrogens (tertiary/aromatic N) is 1. The molecule has 0 spiro atoms. The van der Waals surface area contributed by atoms with Crippen molar-refractivity contribution in [3.63, 3.8) is 0 Å². The molecule has 0 bridgehead atoms. The molecule has 0 aliphatic rings. The zero-order chi connectivity index (χ0) is 19.8. The van der Waals surface area contributed by atoms with E-state index in [4.69, 9.17) is 14.2 Å². The Morgan fingerprint density at radius 1 is 0.821 bits per heavy atom. The average molecular weight is 379 g/mol. The molecular weight excluding hydrogens is 362 g/mol. The minimum absolute atomic E-state index is 0.111. The molecule has 3 aromatic rings. The molecule has 0 N–H and O–H groups in total. The van der Waals surface area contributed by atoms with Crippen molar-refractivity contribution in [2.75, 3.05) is 13.2 Å². The average Bonchev–Trinajstić information content (AvgIpc) is 2.72. The summed E-state index contributed by atoms with van der Waals surface area (Å²) in [4.78, 5) is 22.8. The lowest BCUT2D eigenvalue weighted by Gasteiger charge is -2.09. The minimum Gasteiger partial charge on any atom is -0.490 e. The van der Waals surface area contributed by atoms with Crippen LogP contribution in [0.25, 0.3) is 0 Å². The third-order valence-electron chi connectivity index (χ3n) is 3.70. The van der Waals surface area contributed by atoms with E-state index in [2.05, 4.69) is 0 Å². The molecule has 0 fully saturated rings. The molecule has 3 aromatic carbocycles. The molecule has 0 aliphatic carbocycles. The normalized spacial score (nSPS) is 10.1. The van der Waals surface area contributed by atoms with Crippen molar-refractivity contribution in [1.29, 1.82) is 0 Å². The maximum absolute atomic E-state index is 12.3. The van der Waals surface area contributed by atoms with E-state index in [0.29, 0.717) is 12.4 Å². The number of para-hydroxylation sites is 3. The van der Waals surface area contributed by atoms with Crippen LogP contribution in [0.3, 0.4) is 0 Å². The molecule has 0 atom stereocenters. The quantitative estimate of drug-likeness (QED) is 0.191. The first-order chi connectivity index (χ1) is 13.6. The number of esters is 1. The summed E-state index contributed by atoms with van der Waals surface area (Å²) in [5, 5.41) is 11.0. The minimum atomic E-state index is -0.708. The Hall–Kier alpha value is -3.87. The van der Waals surface area contributed by atoms with Gasteiger partial charge in [-0.1, -0.05) is 36.4 Å². The zero-order valence-corrected chi connectivity index (χ0v) is 14.8. The van der Waals surface area contributed by atoms with Gasteiger partial charge >= 0.3 is 11.7 Å². The van der Waals surface area contributed by atoms with Crippen LogP contribution in [0.4, 0.5) is 5.69 Å². The highest BCUT2D eigenvalue weighted by atomic mass is 16.6. The van der Waals surface area contributed by atoms with E-state index in [1.165, 1.54) is 24.3 Å². The Morgan fingerprint density at radius 2 is 1.46 bits per heavy atom. The smallest absolute Gasteiger partial charge is 0.343 e. The third-order valence-corrected chi connectivity index (χ3v) is 3.70. The van der Waals surface area contributed by atoms with Crippen molar-refractivity contribution >= 4 is 11.7 Å². The lowest BCUT2D eigenvalue weighted by molar-refractivity contribution is -0.385. The van der Waals surface area contributed by atoms with Crippen molar-refractivity contribution in [2.45, 2.75) is 0 Å². The van der Waals surface area contributed by atoms with Gasteiger partial charge in [0.25, 0.3) is 0 Å². The van der Waals surface area contributed by atoms with E-state index in [-0.39, 0.29) is 23.6 Å². The largest absolute Gasteiger partial charge is 0.490 e. The van der Waals surface area contributed by atoms with Gasteiger partial charge in [-0.15, -0.1) is 0 Å². The van der Waals surface area contributed by atoms with E-state index in [1.54, 1.807) is 24.3 Å². The van der Waals surface area contributed by atoms with Crippen LogP contribution in [-0.4, -0.2) is 24.1 Å². The van der Waals surface area contributed by atoms with E-state index < -0.39 is 10.9 Å². The summed E-state index contributed by atoms with van der Waals surface area (Å²) in [5.74, 6) is 0.391.